The van der Waals surface area contributed by atoms with E-state index >= 15 is 0 Å². The van der Waals surface area contributed by atoms with Crippen LogP contribution in [-0.2, 0) is 6.42 Å². The van der Waals surface area contributed by atoms with Gasteiger partial charge in [0, 0.05) is 12.5 Å². The lowest BCUT2D eigenvalue weighted by molar-refractivity contribution is 0.413. The molecule has 1 atom stereocenters. The zero-order chi connectivity index (χ0) is 12.5. The highest BCUT2D eigenvalue weighted by atomic mass is 16.5. The molecular formula is C15H21NO. The number of rotatable bonds is 6. The quantitative estimate of drug-likeness (QED) is 0.760. The summed E-state index contributed by atoms with van der Waals surface area (Å²) < 4.78 is 5.23. The van der Waals surface area contributed by atoms with Crippen molar-refractivity contribution in [2.24, 2.45) is 0 Å². The van der Waals surface area contributed by atoms with E-state index in [1.165, 1.54) is 5.56 Å². The third-order valence-electron chi connectivity index (χ3n) is 2.63. The summed E-state index contributed by atoms with van der Waals surface area (Å²) in [5.74, 6) is 7.00. The Hall–Kier alpha value is -1.46. The third-order valence-corrected chi connectivity index (χ3v) is 2.63. The van der Waals surface area contributed by atoms with Crippen LogP contribution < -0.4 is 10.1 Å². The van der Waals surface area contributed by atoms with Gasteiger partial charge in [0.05, 0.1) is 7.11 Å². The maximum absolute atomic E-state index is 5.23. The maximum Gasteiger partial charge on any atom is 0.119 e. The van der Waals surface area contributed by atoms with Crippen molar-refractivity contribution in [2.75, 3.05) is 13.7 Å². The van der Waals surface area contributed by atoms with E-state index in [2.05, 4.69) is 36.2 Å². The van der Waals surface area contributed by atoms with Crippen LogP contribution in [0.25, 0.3) is 0 Å². The molecule has 92 valence electrons. The molecule has 1 N–H and O–H groups in total. The van der Waals surface area contributed by atoms with Crippen LogP contribution in [0.4, 0.5) is 0 Å². The molecule has 0 amide bonds. The van der Waals surface area contributed by atoms with E-state index in [0.29, 0.717) is 6.04 Å². The lowest BCUT2D eigenvalue weighted by Crippen LogP contribution is -2.30. The smallest absolute Gasteiger partial charge is 0.119 e. The lowest BCUT2D eigenvalue weighted by atomic mass is 10.0. The van der Waals surface area contributed by atoms with Gasteiger partial charge in [-0.1, -0.05) is 19.1 Å². The summed E-state index contributed by atoms with van der Waals surface area (Å²) in [6.07, 6.45) is 1.88. The Morgan fingerprint density at radius 1 is 1.41 bits per heavy atom. The molecule has 0 bridgehead atoms. The van der Waals surface area contributed by atoms with Crippen LogP contribution >= 0.6 is 0 Å². The Morgan fingerprint density at radius 3 is 2.88 bits per heavy atom. The van der Waals surface area contributed by atoms with Gasteiger partial charge >= 0.3 is 0 Å². The Balaban J connectivity index is 2.65. The van der Waals surface area contributed by atoms with Gasteiger partial charge in [-0.25, -0.2) is 0 Å². The Labute approximate surface area is 104 Å². The van der Waals surface area contributed by atoms with Crippen LogP contribution in [0.5, 0.6) is 5.75 Å². The fraction of sp³-hybridized carbons (Fsp3) is 0.467. The second-order valence-electron chi connectivity index (χ2n) is 3.94. The van der Waals surface area contributed by atoms with E-state index in [-0.39, 0.29) is 0 Å². The van der Waals surface area contributed by atoms with Gasteiger partial charge in [-0.15, -0.1) is 11.8 Å². The van der Waals surface area contributed by atoms with Crippen molar-refractivity contribution >= 4 is 0 Å². The van der Waals surface area contributed by atoms with Gasteiger partial charge in [0.2, 0.25) is 0 Å². The fourth-order valence-corrected chi connectivity index (χ4v) is 1.81. The van der Waals surface area contributed by atoms with Crippen molar-refractivity contribution in [3.63, 3.8) is 0 Å². The van der Waals surface area contributed by atoms with E-state index in [9.17, 15) is 0 Å². The van der Waals surface area contributed by atoms with E-state index in [1.54, 1.807) is 7.11 Å². The molecule has 0 radical (unpaired) electrons. The van der Waals surface area contributed by atoms with Crippen LogP contribution in [0, 0.1) is 11.8 Å². The first-order valence-corrected chi connectivity index (χ1v) is 6.06. The topological polar surface area (TPSA) is 21.3 Å². The molecule has 2 heteroatoms. The van der Waals surface area contributed by atoms with Crippen LogP contribution in [0.2, 0.25) is 0 Å². The average Bonchev–Trinajstić information content (AvgIpc) is 2.36. The largest absolute Gasteiger partial charge is 0.497 e. The molecule has 1 aromatic carbocycles. The number of nitrogens with one attached hydrogen (secondary N) is 1. The third kappa shape index (κ3) is 4.93. The highest BCUT2D eigenvalue weighted by Gasteiger charge is 2.07. The van der Waals surface area contributed by atoms with E-state index in [0.717, 1.165) is 25.1 Å². The van der Waals surface area contributed by atoms with Gasteiger partial charge in [-0.05, 0) is 37.6 Å². The molecular weight excluding hydrogens is 210 g/mol. The van der Waals surface area contributed by atoms with Crippen LogP contribution in [-0.4, -0.2) is 19.7 Å². The number of hydrogen-bond donors (Lipinski definition) is 1. The molecule has 1 aromatic rings. The Morgan fingerprint density at radius 2 is 2.24 bits per heavy atom. The molecule has 0 spiro atoms. The molecule has 0 fully saturated rings. The number of ether oxygens (including phenoxy) is 1. The van der Waals surface area contributed by atoms with Crippen LogP contribution in [0.15, 0.2) is 24.3 Å². The van der Waals surface area contributed by atoms with Gasteiger partial charge < -0.3 is 10.1 Å². The van der Waals surface area contributed by atoms with Crippen molar-refractivity contribution in [1.82, 2.24) is 5.32 Å². The summed E-state index contributed by atoms with van der Waals surface area (Å²) in [5.41, 5.74) is 1.29. The molecule has 0 aliphatic rings. The van der Waals surface area contributed by atoms with Crippen LogP contribution in [0.1, 0.15) is 25.8 Å². The SMILES string of the molecule is CC#CCC(Cc1cccc(OC)c1)NCC. The van der Waals surface area contributed by atoms with Gasteiger partial charge in [0.15, 0.2) is 0 Å². The van der Waals surface area contributed by atoms with Crippen molar-refractivity contribution in [3.05, 3.63) is 29.8 Å². The van der Waals surface area contributed by atoms with Crippen molar-refractivity contribution < 1.29 is 4.74 Å². The number of hydrogen-bond acceptors (Lipinski definition) is 2. The molecule has 17 heavy (non-hydrogen) atoms. The molecule has 2 nitrogen and oxygen atoms in total. The Kier molecular flexibility index (Phi) is 6.21. The predicted octanol–water partition coefficient (Wildman–Crippen LogP) is 2.63. The molecule has 0 saturated heterocycles. The van der Waals surface area contributed by atoms with Gasteiger partial charge in [0.25, 0.3) is 0 Å². The Bertz CT molecular complexity index is 389. The summed E-state index contributed by atoms with van der Waals surface area (Å²) in [5, 5.41) is 3.46. The average molecular weight is 231 g/mol. The normalized spacial score (nSPS) is 11.5. The predicted molar refractivity (Wildman–Crippen MR) is 72.2 cm³/mol. The van der Waals surface area contributed by atoms with Crippen molar-refractivity contribution in [2.45, 2.75) is 32.7 Å². The van der Waals surface area contributed by atoms with E-state index in [4.69, 9.17) is 4.74 Å². The second kappa shape index (κ2) is 7.76. The second-order valence-corrected chi connectivity index (χ2v) is 3.94. The van der Waals surface area contributed by atoms with Gasteiger partial charge in [-0.2, -0.15) is 0 Å². The van der Waals surface area contributed by atoms with E-state index < -0.39 is 0 Å². The van der Waals surface area contributed by atoms with Crippen molar-refractivity contribution in [3.8, 4) is 17.6 Å². The minimum absolute atomic E-state index is 0.416. The molecule has 1 rings (SSSR count). The summed E-state index contributed by atoms with van der Waals surface area (Å²) in [6.45, 7) is 4.98. The van der Waals surface area contributed by atoms with Gasteiger partial charge in [0.1, 0.15) is 5.75 Å². The minimum atomic E-state index is 0.416. The molecule has 0 aliphatic heterocycles. The monoisotopic (exact) mass is 231 g/mol. The van der Waals surface area contributed by atoms with Gasteiger partial charge in [-0.3, -0.25) is 0 Å². The first-order chi connectivity index (χ1) is 8.30. The van der Waals surface area contributed by atoms with E-state index in [1.807, 2.05) is 19.1 Å². The number of benzene rings is 1. The number of methoxy groups -OCH3 is 1. The zero-order valence-corrected chi connectivity index (χ0v) is 10.9. The zero-order valence-electron chi connectivity index (χ0n) is 10.9. The summed E-state index contributed by atoms with van der Waals surface area (Å²) in [6, 6.07) is 8.63. The molecule has 1 unspecified atom stereocenters. The lowest BCUT2D eigenvalue weighted by Gasteiger charge is -2.15. The molecule has 0 aliphatic carbocycles. The number of likely N-dealkylation sites (N-methyl/N-ethyl adjacent to an activating group) is 1. The minimum Gasteiger partial charge on any atom is -0.497 e. The fourth-order valence-electron chi connectivity index (χ4n) is 1.81. The van der Waals surface area contributed by atoms with Crippen LogP contribution in [0.3, 0.4) is 0 Å². The molecule has 0 heterocycles. The highest BCUT2D eigenvalue weighted by molar-refractivity contribution is 5.29. The first-order valence-electron chi connectivity index (χ1n) is 6.06. The molecule has 0 aromatic heterocycles. The highest BCUT2D eigenvalue weighted by Crippen LogP contribution is 2.14. The maximum atomic E-state index is 5.23. The summed E-state index contributed by atoms with van der Waals surface area (Å²) in [4.78, 5) is 0. The summed E-state index contributed by atoms with van der Waals surface area (Å²) in [7, 11) is 1.70. The standard InChI is InChI=1S/C15H21NO/c1-4-6-9-14(16-5-2)11-13-8-7-10-15(12-13)17-3/h7-8,10,12,14,16H,5,9,11H2,1-3H3. The summed E-state index contributed by atoms with van der Waals surface area (Å²) >= 11 is 0. The molecule has 0 saturated carbocycles. The first kappa shape index (κ1) is 13.6. The van der Waals surface area contributed by atoms with Crippen molar-refractivity contribution in [1.29, 1.82) is 0 Å².